The fourth-order valence-corrected chi connectivity index (χ4v) is 2.60. The van der Waals surface area contributed by atoms with E-state index in [-0.39, 0.29) is 6.04 Å². The molecule has 0 aliphatic heterocycles. The highest BCUT2D eigenvalue weighted by Crippen LogP contribution is 2.26. The summed E-state index contributed by atoms with van der Waals surface area (Å²) in [7, 11) is 0. The quantitative estimate of drug-likeness (QED) is 0.557. The minimum atomic E-state index is 0.0870. The van der Waals surface area contributed by atoms with Crippen LogP contribution in [0.25, 0.3) is 0 Å². The Morgan fingerprint density at radius 1 is 1.10 bits per heavy atom. The molecule has 0 spiro atoms. The normalized spacial score (nSPS) is 13.0. The monoisotopic (exact) mass is 338 g/mol. The van der Waals surface area contributed by atoms with Crippen LogP contribution in [0.3, 0.4) is 0 Å². The zero-order valence-corrected chi connectivity index (χ0v) is 14.1. The predicted octanol–water partition coefficient (Wildman–Crippen LogP) is 5.89. The Morgan fingerprint density at radius 3 is 2.43 bits per heavy atom. The largest absolute Gasteiger partial charge is 0.335 e. The van der Waals surface area contributed by atoms with E-state index in [1.807, 2.05) is 30.5 Å². The van der Waals surface area contributed by atoms with Crippen molar-refractivity contribution in [3.8, 4) is 0 Å². The lowest BCUT2D eigenvalue weighted by atomic mass is 10.1. The molecule has 0 aliphatic carbocycles. The molecule has 0 bridgehead atoms. The molecule has 0 radical (unpaired) electrons. The molecule has 0 aliphatic rings. The molecule has 0 amide bonds. The number of benzene rings is 2. The summed E-state index contributed by atoms with van der Waals surface area (Å²) in [5.41, 5.74) is 2.05. The average Bonchev–Trinajstić information content (AvgIpc) is 2.51. The molecule has 2 nitrogen and oxygen atoms in total. The number of anilines is 1. The number of hydrogen-bond acceptors (Lipinski definition) is 2. The second-order valence-electron chi connectivity index (χ2n) is 4.48. The summed E-state index contributed by atoms with van der Waals surface area (Å²) in [4.78, 5) is 4.71. The number of thioether (sulfide) groups is 1. The highest BCUT2D eigenvalue weighted by atomic mass is 35.5. The van der Waals surface area contributed by atoms with Crippen molar-refractivity contribution >= 4 is 45.8 Å². The Morgan fingerprint density at radius 2 is 1.81 bits per heavy atom. The van der Waals surface area contributed by atoms with Gasteiger partial charge in [-0.1, -0.05) is 65.3 Å². The lowest BCUT2D eigenvalue weighted by Crippen LogP contribution is -2.09. The summed E-state index contributed by atoms with van der Waals surface area (Å²) in [6.45, 7) is 2.07. The van der Waals surface area contributed by atoms with Gasteiger partial charge >= 0.3 is 0 Å². The van der Waals surface area contributed by atoms with Gasteiger partial charge in [0.2, 0.25) is 0 Å². The van der Waals surface area contributed by atoms with Crippen molar-refractivity contribution in [3.05, 3.63) is 64.1 Å². The molecule has 1 atom stereocenters. The van der Waals surface area contributed by atoms with E-state index in [9.17, 15) is 0 Å². The molecule has 0 aromatic heterocycles. The van der Waals surface area contributed by atoms with Crippen LogP contribution >= 0.6 is 35.0 Å². The zero-order valence-electron chi connectivity index (χ0n) is 11.8. The van der Waals surface area contributed by atoms with Crippen molar-refractivity contribution in [2.45, 2.75) is 13.0 Å². The standard InChI is InChI=1S/C16H16Cl2N2S/c1-11(12-6-4-3-5-7-12)19-16(21-2)20-13-8-9-14(17)15(18)10-13/h3-11H,1-2H3,(H,19,20)/t11-/m0/s1. The van der Waals surface area contributed by atoms with Crippen LogP contribution in [0.1, 0.15) is 18.5 Å². The zero-order chi connectivity index (χ0) is 15.2. The van der Waals surface area contributed by atoms with E-state index in [1.165, 1.54) is 5.56 Å². The van der Waals surface area contributed by atoms with Gasteiger partial charge in [-0.15, -0.1) is 0 Å². The van der Waals surface area contributed by atoms with Crippen LogP contribution in [-0.4, -0.2) is 11.4 Å². The number of halogens is 2. The van der Waals surface area contributed by atoms with Gasteiger partial charge in [-0.2, -0.15) is 0 Å². The molecule has 0 heterocycles. The molecule has 110 valence electrons. The molecular weight excluding hydrogens is 323 g/mol. The molecular formula is C16H16Cl2N2S. The van der Waals surface area contributed by atoms with Gasteiger partial charge in [-0.25, -0.2) is 0 Å². The molecule has 2 aromatic carbocycles. The van der Waals surface area contributed by atoms with Gasteiger partial charge in [0, 0.05) is 5.69 Å². The number of aliphatic imine (C=N–C) groups is 1. The average molecular weight is 339 g/mol. The maximum atomic E-state index is 6.02. The van der Waals surface area contributed by atoms with Crippen molar-refractivity contribution in [2.75, 3.05) is 11.6 Å². The van der Waals surface area contributed by atoms with E-state index in [2.05, 4.69) is 24.4 Å². The van der Waals surface area contributed by atoms with Crippen molar-refractivity contribution in [1.29, 1.82) is 0 Å². The number of hydrogen-bond donors (Lipinski definition) is 1. The predicted molar refractivity (Wildman–Crippen MR) is 95.9 cm³/mol. The Bertz CT molecular complexity index is 629. The third-order valence-electron chi connectivity index (χ3n) is 2.96. The first-order valence-electron chi connectivity index (χ1n) is 6.49. The first-order chi connectivity index (χ1) is 10.1. The van der Waals surface area contributed by atoms with E-state index in [1.54, 1.807) is 23.9 Å². The lowest BCUT2D eigenvalue weighted by Gasteiger charge is -2.12. The maximum absolute atomic E-state index is 6.02. The summed E-state index contributed by atoms with van der Waals surface area (Å²) in [5.74, 6) is 0. The summed E-state index contributed by atoms with van der Waals surface area (Å²) in [6.07, 6.45) is 1.99. The van der Waals surface area contributed by atoms with Crippen LogP contribution in [0.15, 0.2) is 53.5 Å². The van der Waals surface area contributed by atoms with E-state index in [0.29, 0.717) is 10.0 Å². The summed E-state index contributed by atoms with van der Waals surface area (Å²) in [5, 5.41) is 5.18. The number of nitrogens with one attached hydrogen (secondary N) is 1. The van der Waals surface area contributed by atoms with Crippen LogP contribution < -0.4 is 5.32 Å². The highest BCUT2D eigenvalue weighted by Gasteiger charge is 2.06. The van der Waals surface area contributed by atoms with Crippen molar-refractivity contribution in [2.24, 2.45) is 4.99 Å². The summed E-state index contributed by atoms with van der Waals surface area (Å²) in [6, 6.07) is 15.7. The third kappa shape index (κ3) is 4.67. The summed E-state index contributed by atoms with van der Waals surface area (Å²) >= 11 is 13.5. The van der Waals surface area contributed by atoms with Crippen molar-refractivity contribution in [1.82, 2.24) is 0 Å². The Labute approximate surface area is 139 Å². The number of rotatable bonds is 3. The second kappa shape index (κ2) is 7.74. The van der Waals surface area contributed by atoms with Gasteiger partial charge in [-0.3, -0.25) is 4.99 Å². The fraction of sp³-hybridized carbons (Fsp3) is 0.188. The minimum Gasteiger partial charge on any atom is -0.335 e. The second-order valence-corrected chi connectivity index (χ2v) is 6.09. The van der Waals surface area contributed by atoms with Crippen LogP contribution in [-0.2, 0) is 0 Å². The minimum absolute atomic E-state index is 0.0870. The molecule has 0 unspecified atom stereocenters. The fourth-order valence-electron chi connectivity index (χ4n) is 1.82. The third-order valence-corrected chi connectivity index (χ3v) is 4.29. The van der Waals surface area contributed by atoms with Gasteiger partial charge in [0.1, 0.15) is 0 Å². The Hall–Kier alpha value is -1.16. The van der Waals surface area contributed by atoms with Crippen molar-refractivity contribution < 1.29 is 0 Å². The van der Waals surface area contributed by atoms with Gasteiger partial charge < -0.3 is 5.32 Å². The lowest BCUT2D eigenvalue weighted by molar-refractivity contribution is 0.823. The molecule has 5 heteroatoms. The van der Waals surface area contributed by atoms with E-state index < -0.39 is 0 Å². The van der Waals surface area contributed by atoms with Crippen LogP contribution in [0, 0.1) is 0 Å². The molecule has 1 N–H and O–H groups in total. The van der Waals surface area contributed by atoms with Crippen molar-refractivity contribution in [3.63, 3.8) is 0 Å². The topological polar surface area (TPSA) is 24.4 Å². The van der Waals surface area contributed by atoms with Gasteiger partial charge in [-0.05, 0) is 36.9 Å². The van der Waals surface area contributed by atoms with E-state index >= 15 is 0 Å². The summed E-state index contributed by atoms with van der Waals surface area (Å²) < 4.78 is 0. The number of nitrogens with zero attached hydrogens (tertiary/aromatic N) is 1. The molecule has 0 saturated heterocycles. The highest BCUT2D eigenvalue weighted by molar-refractivity contribution is 8.13. The van der Waals surface area contributed by atoms with Crippen LogP contribution in [0.2, 0.25) is 10.0 Å². The van der Waals surface area contributed by atoms with E-state index in [0.717, 1.165) is 10.9 Å². The molecule has 21 heavy (non-hydrogen) atoms. The molecule has 0 saturated carbocycles. The van der Waals surface area contributed by atoms with Crippen LogP contribution in [0.4, 0.5) is 5.69 Å². The van der Waals surface area contributed by atoms with E-state index in [4.69, 9.17) is 28.2 Å². The smallest absolute Gasteiger partial charge is 0.161 e. The first-order valence-corrected chi connectivity index (χ1v) is 8.47. The number of amidine groups is 1. The van der Waals surface area contributed by atoms with Gasteiger partial charge in [0.15, 0.2) is 5.17 Å². The molecule has 0 fully saturated rings. The van der Waals surface area contributed by atoms with Crippen LogP contribution in [0.5, 0.6) is 0 Å². The Balaban J connectivity index is 2.15. The van der Waals surface area contributed by atoms with Gasteiger partial charge in [0.05, 0.1) is 16.1 Å². The Kier molecular flexibility index (Phi) is 5.97. The first kappa shape index (κ1) is 16.2. The molecule has 2 rings (SSSR count). The van der Waals surface area contributed by atoms with Gasteiger partial charge in [0.25, 0.3) is 0 Å². The maximum Gasteiger partial charge on any atom is 0.161 e. The SMILES string of the molecule is CSC(=N[C@@H](C)c1ccccc1)Nc1ccc(Cl)c(Cl)c1. The molecule has 2 aromatic rings.